The summed E-state index contributed by atoms with van der Waals surface area (Å²) in [5.41, 5.74) is 8.21. The van der Waals surface area contributed by atoms with Gasteiger partial charge in [0.2, 0.25) is 0 Å². The summed E-state index contributed by atoms with van der Waals surface area (Å²) >= 11 is 0. The number of rotatable bonds is 1. The molecule has 0 bridgehead atoms. The molecule has 0 aromatic heterocycles. The average Bonchev–Trinajstić information content (AvgIpc) is 2.02. The number of nitrogens with one attached hydrogen (secondary N) is 1. The molecule has 0 aromatic carbocycles. The Morgan fingerprint density at radius 1 is 1.69 bits per heavy atom. The van der Waals surface area contributed by atoms with Gasteiger partial charge in [-0.05, 0) is 24.3 Å². The maximum Gasteiger partial charge on any atom is 0.332 e. The summed E-state index contributed by atoms with van der Waals surface area (Å²) in [6.45, 7) is 4.34. The summed E-state index contributed by atoms with van der Waals surface area (Å²) in [6.07, 6.45) is 5.95. The van der Waals surface area contributed by atoms with Crippen molar-refractivity contribution in [3.8, 4) is 0 Å². The highest BCUT2D eigenvalue weighted by molar-refractivity contribution is 5.96. The third-order valence-corrected chi connectivity index (χ3v) is 2.06. The van der Waals surface area contributed by atoms with Crippen LogP contribution in [0.4, 0.5) is 4.79 Å². The second kappa shape index (κ2) is 3.60. The van der Waals surface area contributed by atoms with E-state index in [1.54, 1.807) is 0 Å². The molecular weight excluding hydrogens is 166 g/mol. The first-order valence-electron chi connectivity index (χ1n) is 4.31. The highest BCUT2D eigenvalue weighted by Crippen LogP contribution is 2.27. The first kappa shape index (κ1) is 9.77. The minimum atomic E-state index is -0.620. The Hall–Kier alpha value is -1.32. The van der Waals surface area contributed by atoms with Crippen molar-refractivity contribution in [2.24, 2.45) is 16.3 Å². The second-order valence-corrected chi connectivity index (χ2v) is 3.90. The highest BCUT2D eigenvalue weighted by Gasteiger charge is 2.18. The minimum Gasteiger partial charge on any atom is -0.350 e. The molecule has 0 spiro atoms. The molecule has 0 unspecified atom stereocenters. The van der Waals surface area contributed by atoms with E-state index in [2.05, 4.69) is 30.5 Å². The monoisotopic (exact) mass is 181 g/mol. The van der Waals surface area contributed by atoms with Gasteiger partial charge >= 0.3 is 6.03 Å². The van der Waals surface area contributed by atoms with Crippen LogP contribution in [0.25, 0.3) is 0 Å². The first-order valence-corrected chi connectivity index (χ1v) is 4.31. The number of allylic oxidation sites excluding steroid dienone is 2. The molecule has 72 valence electrons. The maximum atomic E-state index is 10.3. The SMILES string of the molecule is CC1(C)C=C/C(=N\NC(N)=O)CC1. The van der Waals surface area contributed by atoms with Gasteiger partial charge in [0.1, 0.15) is 0 Å². The summed E-state index contributed by atoms with van der Waals surface area (Å²) in [5.74, 6) is 0. The van der Waals surface area contributed by atoms with Gasteiger partial charge in [-0.1, -0.05) is 19.9 Å². The molecule has 4 heteroatoms. The number of hydrazone groups is 1. The van der Waals surface area contributed by atoms with Crippen LogP contribution in [0.1, 0.15) is 26.7 Å². The first-order chi connectivity index (χ1) is 5.99. The van der Waals surface area contributed by atoms with E-state index in [-0.39, 0.29) is 5.41 Å². The number of amides is 2. The number of nitrogens with zero attached hydrogens (tertiary/aromatic N) is 1. The summed E-state index contributed by atoms with van der Waals surface area (Å²) in [4.78, 5) is 10.3. The summed E-state index contributed by atoms with van der Waals surface area (Å²) in [7, 11) is 0. The zero-order chi connectivity index (χ0) is 9.90. The molecule has 1 rings (SSSR count). The molecule has 0 aliphatic heterocycles. The van der Waals surface area contributed by atoms with E-state index in [4.69, 9.17) is 5.73 Å². The van der Waals surface area contributed by atoms with Crippen LogP contribution < -0.4 is 11.2 Å². The van der Waals surface area contributed by atoms with Crippen molar-refractivity contribution in [1.29, 1.82) is 0 Å². The maximum absolute atomic E-state index is 10.3. The number of hydrogen-bond acceptors (Lipinski definition) is 2. The van der Waals surface area contributed by atoms with E-state index in [1.807, 2.05) is 6.08 Å². The van der Waals surface area contributed by atoms with Gasteiger partial charge in [-0.25, -0.2) is 10.2 Å². The topological polar surface area (TPSA) is 67.5 Å². The summed E-state index contributed by atoms with van der Waals surface area (Å²) in [6, 6.07) is -0.620. The largest absolute Gasteiger partial charge is 0.350 e. The number of urea groups is 1. The fourth-order valence-corrected chi connectivity index (χ4v) is 1.16. The van der Waals surface area contributed by atoms with Crippen LogP contribution in [0.2, 0.25) is 0 Å². The van der Waals surface area contributed by atoms with Crippen LogP contribution in [0.3, 0.4) is 0 Å². The zero-order valence-electron chi connectivity index (χ0n) is 8.00. The molecule has 1 aliphatic rings. The van der Waals surface area contributed by atoms with E-state index >= 15 is 0 Å². The van der Waals surface area contributed by atoms with Crippen LogP contribution in [0.15, 0.2) is 17.3 Å². The number of carbonyl (C=O) groups is 1. The molecule has 0 heterocycles. The van der Waals surface area contributed by atoms with Crippen molar-refractivity contribution < 1.29 is 4.79 Å². The van der Waals surface area contributed by atoms with Crippen LogP contribution in [-0.2, 0) is 0 Å². The molecule has 0 radical (unpaired) electrons. The summed E-state index contributed by atoms with van der Waals surface area (Å²) in [5, 5.41) is 3.85. The van der Waals surface area contributed by atoms with Gasteiger partial charge in [0, 0.05) is 0 Å². The van der Waals surface area contributed by atoms with Gasteiger partial charge in [-0.3, -0.25) is 0 Å². The Bertz CT molecular complexity index is 266. The number of carbonyl (C=O) groups excluding carboxylic acids is 1. The van der Waals surface area contributed by atoms with E-state index < -0.39 is 6.03 Å². The highest BCUT2D eigenvalue weighted by atomic mass is 16.2. The lowest BCUT2D eigenvalue weighted by atomic mass is 9.82. The van der Waals surface area contributed by atoms with Gasteiger partial charge in [0.15, 0.2) is 0 Å². The van der Waals surface area contributed by atoms with E-state index in [0.29, 0.717) is 0 Å². The third-order valence-electron chi connectivity index (χ3n) is 2.06. The minimum absolute atomic E-state index is 0.242. The van der Waals surface area contributed by atoms with E-state index in [9.17, 15) is 4.79 Å². The standard InChI is InChI=1S/C9H15N3O/c1-9(2)5-3-7(4-6-9)11-12-8(10)13/h3,5H,4,6H2,1-2H3,(H3,10,12,13)/b11-7+. The van der Waals surface area contributed by atoms with Crippen LogP contribution >= 0.6 is 0 Å². The molecule has 2 amide bonds. The molecule has 3 N–H and O–H groups in total. The van der Waals surface area contributed by atoms with Crippen LogP contribution in [0.5, 0.6) is 0 Å². The molecule has 0 saturated heterocycles. The lowest BCUT2D eigenvalue weighted by molar-refractivity contribution is 0.249. The van der Waals surface area contributed by atoms with Crippen molar-refractivity contribution in [2.45, 2.75) is 26.7 Å². The Morgan fingerprint density at radius 2 is 2.38 bits per heavy atom. The predicted molar refractivity (Wildman–Crippen MR) is 52.3 cm³/mol. The average molecular weight is 181 g/mol. The number of hydrogen-bond donors (Lipinski definition) is 2. The fourth-order valence-electron chi connectivity index (χ4n) is 1.16. The van der Waals surface area contributed by atoms with Crippen molar-refractivity contribution in [2.75, 3.05) is 0 Å². The predicted octanol–water partition coefficient (Wildman–Crippen LogP) is 1.39. The third kappa shape index (κ3) is 3.27. The fraction of sp³-hybridized carbons (Fsp3) is 0.556. The Kier molecular flexibility index (Phi) is 2.70. The van der Waals surface area contributed by atoms with E-state index in [1.165, 1.54) is 0 Å². The summed E-state index contributed by atoms with van der Waals surface area (Å²) < 4.78 is 0. The second-order valence-electron chi connectivity index (χ2n) is 3.90. The van der Waals surface area contributed by atoms with Crippen LogP contribution in [-0.4, -0.2) is 11.7 Å². The van der Waals surface area contributed by atoms with Crippen molar-refractivity contribution in [3.63, 3.8) is 0 Å². The normalized spacial score (nSPS) is 23.1. The molecule has 0 aromatic rings. The quantitative estimate of drug-likeness (QED) is 0.590. The Labute approximate surface area is 77.9 Å². The number of nitrogens with two attached hydrogens (primary N) is 1. The molecular formula is C9H15N3O. The zero-order valence-corrected chi connectivity index (χ0v) is 8.00. The van der Waals surface area contributed by atoms with Gasteiger partial charge in [-0.15, -0.1) is 0 Å². The molecule has 1 aliphatic carbocycles. The smallest absolute Gasteiger partial charge is 0.332 e. The van der Waals surface area contributed by atoms with Crippen LogP contribution in [0, 0.1) is 5.41 Å². The lowest BCUT2D eigenvalue weighted by Gasteiger charge is -2.23. The molecule has 4 nitrogen and oxygen atoms in total. The van der Waals surface area contributed by atoms with Crippen molar-refractivity contribution in [1.82, 2.24) is 5.43 Å². The van der Waals surface area contributed by atoms with E-state index in [0.717, 1.165) is 18.6 Å². The molecule has 13 heavy (non-hydrogen) atoms. The molecule has 0 saturated carbocycles. The number of primary amides is 1. The molecule has 0 fully saturated rings. The van der Waals surface area contributed by atoms with Crippen molar-refractivity contribution >= 4 is 11.7 Å². The Morgan fingerprint density at radius 3 is 2.85 bits per heavy atom. The van der Waals surface area contributed by atoms with Gasteiger partial charge in [0.25, 0.3) is 0 Å². The van der Waals surface area contributed by atoms with Gasteiger partial charge in [0.05, 0.1) is 5.71 Å². The van der Waals surface area contributed by atoms with Gasteiger partial charge < -0.3 is 5.73 Å². The lowest BCUT2D eigenvalue weighted by Crippen LogP contribution is -2.26. The molecule has 0 atom stereocenters. The Balaban J connectivity index is 2.57. The van der Waals surface area contributed by atoms with Gasteiger partial charge in [-0.2, -0.15) is 5.10 Å². The van der Waals surface area contributed by atoms with Crippen molar-refractivity contribution in [3.05, 3.63) is 12.2 Å².